The lowest BCUT2D eigenvalue weighted by molar-refractivity contribution is 0.0447. The van der Waals surface area contributed by atoms with Gasteiger partial charge in [0.2, 0.25) is 0 Å². The Labute approximate surface area is 101 Å². The van der Waals surface area contributed by atoms with Gasteiger partial charge in [0, 0.05) is 17.9 Å². The van der Waals surface area contributed by atoms with Gasteiger partial charge in [-0.2, -0.15) is 0 Å². The highest BCUT2D eigenvalue weighted by atomic mass is 32.1. The maximum atomic E-state index is 6.25. The Morgan fingerprint density at radius 1 is 1.56 bits per heavy atom. The summed E-state index contributed by atoms with van der Waals surface area (Å²) in [5, 5.41) is 3.20. The maximum absolute atomic E-state index is 6.25. The van der Waals surface area contributed by atoms with Crippen LogP contribution in [0.1, 0.15) is 49.4 Å². The van der Waals surface area contributed by atoms with E-state index in [0.29, 0.717) is 11.8 Å². The summed E-state index contributed by atoms with van der Waals surface area (Å²) in [6, 6.07) is 0.0535. The van der Waals surface area contributed by atoms with Gasteiger partial charge in [0.1, 0.15) is 5.01 Å². The molecule has 0 spiro atoms. The Hall–Kier alpha value is -0.450. The second-order valence-electron chi connectivity index (χ2n) is 4.77. The van der Waals surface area contributed by atoms with Crippen molar-refractivity contribution in [2.45, 2.75) is 38.6 Å². The van der Waals surface area contributed by atoms with Crippen LogP contribution in [0.3, 0.4) is 0 Å². The molecule has 90 valence electrons. The largest absolute Gasteiger partial charge is 0.381 e. The Bertz CT molecular complexity index is 332. The number of thiazole rings is 1. The molecule has 2 unspecified atom stereocenters. The van der Waals surface area contributed by atoms with E-state index in [0.717, 1.165) is 36.8 Å². The summed E-state index contributed by atoms with van der Waals surface area (Å²) >= 11 is 1.69. The summed E-state index contributed by atoms with van der Waals surface area (Å²) in [6.07, 6.45) is 2.29. The van der Waals surface area contributed by atoms with Gasteiger partial charge in [0.25, 0.3) is 0 Å². The minimum atomic E-state index is 0.0535. The van der Waals surface area contributed by atoms with E-state index >= 15 is 0 Å². The molecule has 0 aromatic carbocycles. The molecule has 0 radical (unpaired) electrons. The Balaban J connectivity index is 2.04. The fourth-order valence-corrected chi connectivity index (χ4v) is 3.04. The van der Waals surface area contributed by atoms with Gasteiger partial charge in [-0.25, -0.2) is 4.98 Å². The van der Waals surface area contributed by atoms with Crippen molar-refractivity contribution in [3.8, 4) is 0 Å². The summed E-state index contributed by atoms with van der Waals surface area (Å²) in [5.74, 6) is 0.930. The van der Waals surface area contributed by atoms with Crippen molar-refractivity contribution < 1.29 is 4.74 Å². The Morgan fingerprint density at radius 3 is 2.94 bits per heavy atom. The van der Waals surface area contributed by atoms with E-state index in [-0.39, 0.29) is 6.04 Å². The van der Waals surface area contributed by atoms with Crippen molar-refractivity contribution in [2.75, 3.05) is 13.2 Å². The zero-order valence-electron chi connectivity index (χ0n) is 9.98. The van der Waals surface area contributed by atoms with Crippen LogP contribution < -0.4 is 5.73 Å². The minimum absolute atomic E-state index is 0.0535. The lowest BCUT2D eigenvalue weighted by Crippen LogP contribution is -2.29. The van der Waals surface area contributed by atoms with Gasteiger partial charge >= 0.3 is 0 Å². The van der Waals surface area contributed by atoms with Crippen molar-refractivity contribution in [1.29, 1.82) is 0 Å². The molecule has 1 saturated heterocycles. The van der Waals surface area contributed by atoms with E-state index in [9.17, 15) is 0 Å². The van der Waals surface area contributed by atoms with Crippen LogP contribution >= 0.6 is 11.3 Å². The van der Waals surface area contributed by atoms with Crippen LogP contribution in [-0.4, -0.2) is 18.2 Å². The van der Waals surface area contributed by atoms with Crippen LogP contribution in [-0.2, 0) is 4.74 Å². The van der Waals surface area contributed by atoms with Gasteiger partial charge in [-0.1, -0.05) is 13.8 Å². The fourth-order valence-electron chi connectivity index (χ4n) is 1.97. The number of hydrogen-bond acceptors (Lipinski definition) is 4. The third kappa shape index (κ3) is 2.62. The molecule has 1 aliphatic rings. The standard InChI is InChI=1S/C12H20N2OS/c1-8(2)10-7-16-12(14-10)11(13)9-4-3-5-15-6-9/h7-9,11H,3-6,13H2,1-2H3. The second kappa shape index (κ2) is 5.25. The van der Waals surface area contributed by atoms with E-state index in [1.54, 1.807) is 11.3 Å². The first kappa shape index (κ1) is 12.0. The summed E-state index contributed by atoms with van der Waals surface area (Å²) in [7, 11) is 0. The van der Waals surface area contributed by atoms with Gasteiger partial charge in [-0.15, -0.1) is 11.3 Å². The average Bonchev–Trinajstić information content (AvgIpc) is 2.78. The van der Waals surface area contributed by atoms with Crippen molar-refractivity contribution >= 4 is 11.3 Å². The summed E-state index contributed by atoms with van der Waals surface area (Å²) in [6.45, 7) is 6.00. The molecule has 2 atom stereocenters. The smallest absolute Gasteiger partial charge is 0.110 e. The van der Waals surface area contributed by atoms with Crippen LogP contribution in [0.4, 0.5) is 0 Å². The highest BCUT2D eigenvalue weighted by molar-refractivity contribution is 7.09. The van der Waals surface area contributed by atoms with E-state index in [1.165, 1.54) is 0 Å². The number of nitrogens with two attached hydrogens (primary N) is 1. The maximum Gasteiger partial charge on any atom is 0.110 e. The van der Waals surface area contributed by atoms with E-state index in [2.05, 4.69) is 24.2 Å². The van der Waals surface area contributed by atoms with E-state index < -0.39 is 0 Å². The normalized spacial score (nSPS) is 23.6. The monoisotopic (exact) mass is 240 g/mol. The topological polar surface area (TPSA) is 48.1 Å². The zero-order valence-corrected chi connectivity index (χ0v) is 10.8. The number of nitrogens with zero attached hydrogens (tertiary/aromatic N) is 1. The first-order chi connectivity index (χ1) is 7.68. The minimum Gasteiger partial charge on any atom is -0.381 e. The van der Waals surface area contributed by atoms with Crippen molar-refractivity contribution in [2.24, 2.45) is 11.7 Å². The molecule has 0 amide bonds. The van der Waals surface area contributed by atoms with E-state index in [1.807, 2.05) is 0 Å². The van der Waals surface area contributed by atoms with Crippen LogP contribution in [0.2, 0.25) is 0 Å². The fraction of sp³-hybridized carbons (Fsp3) is 0.750. The summed E-state index contributed by atoms with van der Waals surface area (Å²) in [5.41, 5.74) is 7.41. The molecule has 2 heterocycles. The van der Waals surface area contributed by atoms with Crippen molar-refractivity contribution in [3.05, 3.63) is 16.1 Å². The number of aromatic nitrogens is 1. The van der Waals surface area contributed by atoms with Gasteiger partial charge in [0.15, 0.2) is 0 Å². The summed E-state index contributed by atoms with van der Waals surface area (Å²) in [4.78, 5) is 4.62. The number of hydrogen-bond donors (Lipinski definition) is 1. The quantitative estimate of drug-likeness (QED) is 0.883. The van der Waals surface area contributed by atoms with Crippen molar-refractivity contribution in [1.82, 2.24) is 4.98 Å². The number of ether oxygens (including phenoxy) is 1. The van der Waals surface area contributed by atoms with E-state index in [4.69, 9.17) is 10.5 Å². The molecular weight excluding hydrogens is 220 g/mol. The predicted molar refractivity (Wildman–Crippen MR) is 66.7 cm³/mol. The van der Waals surface area contributed by atoms with Gasteiger partial charge in [0.05, 0.1) is 18.3 Å². The molecule has 4 heteroatoms. The zero-order chi connectivity index (χ0) is 11.5. The lowest BCUT2D eigenvalue weighted by atomic mass is 9.95. The van der Waals surface area contributed by atoms with Gasteiger partial charge < -0.3 is 10.5 Å². The summed E-state index contributed by atoms with van der Waals surface area (Å²) < 4.78 is 5.48. The molecule has 1 aromatic heterocycles. The molecule has 1 aliphatic heterocycles. The molecular formula is C12H20N2OS. The molecule has 16 heavy (non-hydrogen) atoms. The molecule has 1 fully saturated rings. The second-order valence-corrected chi connectivity index (χ2v) is 5.66. The Morgan fingerprint density at radius 2 is 2.38 bits per heavy atom. The molecule has 2 rings (SSSR count). The molecule has 0 saturated carbocycles. The molecule has 0 aliphatic carbocycles. The molecule has 2 N–H and O–H groups in total. The lowest BCUT2D eigenvalue weighted by Gasteiger charge is -2.26. The molecule has 3 nitrogen and oxygen atoms in total. The van der Waals surface area contributed by atoms with Gasteiger partial charge in [-0.05, 0) is 18.8 Å². The average molecular weight is 240 g/mol. The predicted octanol–water partition coefficient (Wildman–Crippen LogP) is 2.69. The Kier molecular flexibility index (Phi) is 3.95. The molecule has 1 aromatic rings. The van der Waals surface area contributed by atoms with Gasteiger partial charge in [-0.3, -0.25) is 0 Å². The van der Waals surface area contributed by atoms with Crippen molar-refractivity contribution in [3.63, 3.8) is 0 Å². The first-order valence-electron chi connectivity index (χ1n) is 5.97. The third-order valence-electron chi connectivity index (χ3n) is 3.12. The van der Waals surface area contributed by atoms with Crippen LogP contribution in [0.15, 0.2) is 5.38 Å². The van der Waals surface area contributed by atoms with Crippen LogP contribution in [0.25, 0.3) is 0 Å². The SMILES string of the molecule is CC(C)c1csc(C(N)C2CCCOC2)n1. The third-order valence-corrected chi connectivity index (χ3v) is 4.08. The highest BCUT2D eigenvalue weighted by Crippen LogP contribution is 2.30. The highest BCUT2D eigenvalue weighted by Gasteiger charge is 2.24. The first-order valence-corrected chi connectivity index (χ1v) is 6.85. The van der Waals surface area contributed by atoms with Crippen LogP contribution in [0.5, 0.6) is 0 Å². The van der Waals surface area contributed by atoms with Crippen LogP contribution in [0, 0.1) is 5.92 Å². The molecule has 0 bridgehead atoms. The number of rotatable bonds is 3.